The number of hydrogen-bond donors (Lipinski definition) is 2. The molecule has 0 aliphatic heterocycles. The lowest BCUT2D eigenvalue weighted by Crippen LogP contribution is -2.15. The molecule has 4 rings (SSSR count). The number of hydrogen-bond acceptors (Lipinski definition) is 7. The number of amides is 1. The molecule has 0 aliphatic carbocycles. The maximum absolute atomic E-state index is 13.3. The van der Waals surface area contributed by atoms with Gasteiger partial charge in [0.2, 0.25) is 20.3 Å². The first-order chi connectivity index (χ1) is 14.3. The van der Waals surface area contributed by atoms with Crippen molar-refractivity contribution in [2.24, 2.45) is 0 Å². The molecule has 1 amide bonds. The van der Waals surface area contributed by atoms with Gasteiger partial charge in [0.1, 0.15) is 11.4 Å². The van der Waals surface area contributed by atoms with E-state index in [0.717, 1.165) is 17.6 Å². The van der Waals surface area contributed by atoms with E-state index >= 15 is 0 Å². The van der Waals surface area contributed by atoms with Crippen molar-refractivity contribution >= 4 is 37.5 Å². The Morgan fingerprint density at radius 1 is 1.10 bits per heavy atom. The van der Waals surface area contributed by atoms with Crippen LogP contribution in [0.5, 0.6) is 0 Å². The molecule has 0 unspecified atom stereocenters. The predicted molar refractivity (Wildman–Crippen MR) is 109 cm³/mol. The summed E-state index contributed by atoms with van der Waals surface area (Å²) < 4.78 is 41.3. The second-order valence-electron chi connectivity index (χ2n) is 6.10. The number of rotatable bonds is 6. The van der Waals surface area contributed by atoms with E-state index in [-0.39, 0.29) is 21.6 Å². The fraction of sp³-hybridized carbons (Fsp3) is 0.0588. The average Bonchev–Trinajstić information content (AvgIpc) is 3.41. The number of halogens is 1. The highest BCUT2D eigenvalue weighted by molar-refractivity contribution is 7.92. The third kappa shape index (κ3) is 4.21. The van der Waals surface area contributed by atoms with Crippen molar-refractivity contribution in [1.29, 1.82) is 0 Å². The van der Waals surface area contributed by atoms with E-state index < -0.39 is 15.9 Å². The number of nitrogens with zero attached hydrogens (tertiary/aromatic N) is 5. The lowest BCUT2D eigenvalue weighted by molar-refractivity contribution is 0.102. The fourth-order valence-corrected chi connectivity index (χ4v) is 4.10. The summed E-state index contributed by atoms with van der Waals surface area (Å²) in [5, 5.41) is 14.5. The molecule has 1 aromatic carbocycles. The molecule has 0 radical (unpaired) electrons. The van der Waals surface area contributed by atoms with Gasteiger partial charge in [0.05, 0.1) is 18.1 Å². The molecule has 0 fully saturated rings. The van der Waals surface area contributed by atoms with E-state index in [1.807, 2.05) is 0 Å². The second-order valence-corrected chi connectivity index (χ2v) is 8.83. The van der Waals surface area contributed by atoms with Gasteiger partial charge in [0, 0.05) is 12.4 Å². The Balaban J connectivity index is 1.67. The molecule has 13 heteroatoms. The first-order valence-corrected chi connectivity index (χ1v) is 11.1. The Morgan fingerprint density at radius 3 is 2.43 bits per heavy atom. The molecule has 30 heavy (non-hydrogen) atoms. The molecule has 3 aromatic heterocycles. The van der Waals surface area contributed by atoms with Crippen LogP contribution in [0.1, 0.15) is 10.4 Å². The van der Waals surface area contributed by atoms with Crippen LogP contribution in [0.4, 0.5) is 14.7 Å². The molecule has 3 heterocycles. The number of benzene rings is 1. The van der Waals surface area contributed by atoms with Gasteiger partial charge in [-0.05, 0) is 36.4 Å². The molecule has 0 aliphatic rings. The zero-order chi connectivity index (χ0) is 21.3. The minimum Gasteiger partial charge on any atom is -0.308 e. The van der Waals surface area contributed by atoms with Gasteiger partial charge in [-0.15, -0.1) is 10.2 Å². The topological polar surface area (TPSA) is 124 Å². The van der Waals surface area contributed by atoms with E-state index in [0.29, 0.717) is 11.5 Å². The summed E-state index contributed by atoms with van der Waals surface area (Å²) in [7, 11) is -3.51. The van der Waals surface area contributed by atoms with Crippen molar-refractivity contribution in [3.8, 4) is 11.5 Å². The number of anilines is 2. The first-order valence-electron chi connectivity index (χ1n) is 8.40. The number of nitrogens with one attached hydrogen (secondary N) is 2. The lowest BCUT2D eigenvalue weighted by Gasteiger charge is -2.10. The van der Waals surface area contributed by atoms with Crippen LogP contribution < -0.4 is 10.0 Å². The van der Waals surface area contributed by atoms with Crippen LogP contribution in [-0.2, 0) is 10.0 Å². The largest absolute Gasteiger partial charge is 0.308 e. The number of sulfonamides is 1. The highest BCUT2D eigenvalue weighted by Gasteiger charge is 2.21. The van der Waals surface area contributed by atoms with E-state index in [9.17, 15) is 17.6 Å². The van der Waals surface area contributed by atoms with Crippen LogP contribution in [0.2, 0.25) is 0 Å². The highest BCUT2D eigenvalue weighted by atomic mass is 32.2. The summed E-state index contributed by atoms with van der Waals surface area (Å²) in [6.07, 6.45) is 5.85. The van der Waals surface area contributed by atoms with Crippen molar-refractivity contribution in [2.45, 2.75) is 0 Å². The van der Waals surface area contributed by atoms with Crippen LogP contribution in [-0.4, -0.2) is 45.1 Å². The number of carbonyl (C=O) groups excluding carboxylic acids is 1. The molecular formula is C17H14FN7O3S2. The quantitative estimate of drug-likeness (QED) is 0.467. The van der Waals surface area contributed by atoms with Crippen LogP contribution in [0.25, 0.3) is 11.5 Å². The van der Waals surface area contributed by atoms with Crippen molar-refractivity contribution < 1.29 is 17.6 Å². The van der Waals surface area contributed by atoms with E-state index in [2.05, 4.69) is 25.3 Å². The predicted octanol–water partition coefficient (Wildman–Crippen LogP) is 2.28. The van der Waals surface area contributed by atoms with Gasteiger partial charge in [0.25, 0.3) is 5.91 Å². The van der Waals surface area contributed by atoms with Gasteiger partial charge in [0.15, 0.2) is 5.82 Å². The molecule has 0 saturated carbocycles. The maximum atomic E-state index is 13.3. The van der Waals surface area contributed by atoms with Crippen molar-refractivity contribution in [1.82, 2.24) is 24.5 Å². The van der Waals surface area contributed by atoms with Crippen LogP contribution >= 0.6 is 11.3 Å². The first kappa shape index (κ1) is 19.7. The van der Waals surface area contributed by atoms with Gasteiger partial charge in [-0.2, -0.15) is 5.10 Å². The summed E-state index contributed by atoms with van der Waals surface area (Å²) in [5.41, 5.74) is 0.790. The molecule has 2 N–H and O–H groups in total. The lowest BCUT2D eigenvalue weighted by atomic mass is 10.3. The standard InChI is InChI=1S/C17H14FN7O3S2/c1-30(27,28)23-17-22-21-16(29-17)20-14(26)13-10-19-25(12-6-4-11(18)5-7-12)15(13)24-8-2-3-9-24/h2-10H,1H3,(H,22,23)(H,20,21,26). The Hall–Kier alpha value is -3.58. The summed E-state index contributed by atoms with van der Waals surface area (Å²) in [6, 6.07) is 9.27. The van der Waals surface area contributed by atoms with E-state index in [1.54, 1.807) is 41.2 Å². The zero-order valence-electron chi connectivity index (χ0n) is 15.4. The second kappa shape index (κ2) is 7.68. The molecule has 10 nitrogen and oxygen atoms in total. The molecule has 0 saturated heterocycles. The summed E-state index contributed by atoms with van der Waals surface area (Å²) in [4.78, 5) is 12.9. The summed E-state index contributed by atoms with van der Waals surface area (Å²) in [6.45, 7) is 0. The summed E-state index contributed by atoms with van der Waals surface area (Å²) in [5.74, 6) is -0.474. The minimum atomic E-state index is -3.51. The number of aromatic nitrogens is 5. The Kier molecular flexibility index (Phi) is 5.05. The average molecular weight is 447 g/mol. The van der Waals surface area contributed by atoms with Gasteiger partial charge < -0.3 is 4.57 Å². The molecular weight excluding hydrogens is 433 g/mol. The normalized spacial score (nSPS) is 11.4. The smallest absolute Gasteiger partial charge is 0.262 e. The molecule has 0 bridgehead atoms. The minimum absolute atomic E-state index is 0.0282. The molecule has 154 valence electrons. The Bertz CT molecular complexity index is 1300. The SMILES string of the molecule is CS(=O)(=O)Nc1nnc(NC(=O)c2cnn(-c3ccc(F)cc3)c2-n2cccc2)s1. The van der Waals surface area contributed by atoms with Gasteiger partial charge in [-0.3, -0.25) is 14.8 Å². The Morgan fingerprint density at radius 2 is 1.77 bits per heavy atom. The molecule has 0 atom stereocenters. The monoisotopic (exact) mass is 447 g/mol. The van der Waals surface area contributed by atoms with Crippen molar-refractivity contribution in [2.75, 3.05) is 16.3 Å². The van der Waals surface area contributed by atoms with Gasteiger partial charge in [-0.1, -0.05) is 11.3 Å². The fourth-order valence-electron chi connectivity index (χ4n) is 2.64. The van der Waals surface area contributed by atoms with Gasteiger partial charge >= 0.3 is 0 Å². The van der Waals surface area contributed by atoms with Crippen molar-refractivity contribution in [3.63, 3.8) is 0 Å². The molecule has 4 aromatic rings. The third-order valence-corrected chi connectivity index (χ3v) is 5.27. The zero-order valence-corrected chi connectivity index (χ0v) is 17.0. The third-order valence-electron chi connectivity index (χ3n) is 3.83. The highest BCUT2D eigenvalue weighted by Crippen LogP contribution is 2.24. The number of carbonyl (C=O) groups is 1. The van der Waals surface area contributed by atoms with E-state index in [1.165, 1.54) is 23.0 Å². The van der Waals surface area contributed by atoms with E-state index in [4.69, 9.17) is 0 Å². The maximum Gasteiger partial charge on any atom is 0.262 e. The summed E-state index contributed by atoms with van der Waals surface area (Å²) >= 11 is 0.871. The van der Waals surface area contributed by atoms with Crippen LogP contribution in [0.3, 0.4) is 0 Å². The van der Waals surface area contributed by atoms with Crippen LogP contribution in [0, 0.1) is 5.82 Å². The Labute approximate surface area is 174 Å². The van der Waals surface area contributed by atoms with Gasteiger partial charge in [-0.25, -0.2) is 17.5 Å². The van der Waals surface area contributed by atoms with Crippen LogP contribution in [0.15, 0.2) is 55.0 Å². The molecule has 0 spiro atoms. The van der Waals surface area contributed by atoms with Crippen molar-refractivity contribution in [3.05, 3.63) is 66.4 Å².